The van der Waals surface area contributed by atoms with E-state index in [4.69, 9.17) is 0 Å². The zero-order valence-electron chi connectivity index (χ0n) is 9.96. The van der Waals surface area contributed by atoms with Crippen LogP contribution in [0.2, 0.25) is 0 Å². The third-order valence-electron chi connectivity index (χ3n) is 3.54. The molecular formula is C11H22N4O. The lowest BCUT2D eigenvalue weighted by Gasteiger charge is -2.25. The van der Waals surface area contributed by atoms with Crippen molar-refractivity contribution in [2.24, 2.45) is 0 Å². The second-order valence-corrected chi connectivity index (χ2v) is 4.73. The molecule has 0 saturated carbocycles. The van der Waals surface area contributed by atoms with Gasteiger partial charge in [0, 0.05) is 32.2 Å². The molecule has 16 heavy (non-hydrogen) atoms. The molecule has 0 aromatic carbocycles. The van der Waals surface area contributed by atoms with Gasteiger partial charge in [0.15, 0.2) is 0 Å². The van der Waals surface area contributed by atoms with Crippen LogP contribution in [-0.4, -0.2) is 62.7 Å². The lowest BCUT2D eigenvalue weighted by atomic mass is 10.2. The van der Waals surface area contributed by atoms with E-state index in [0.717, 1.165) is 32.7 Å². The van der Waals surface area contributed by atoms with Crippen molar-refractivity contribution in [1.29, 1.82) is 0 Å². The van der Waals surface area contributed by atoms with Gasteiger partial charge in [-0.3, -0.25) is 4.79 Å². The fourth-order valence-electron chi connectivity index (χ4n) is 2.42. The Labute approximate surface area is 96.9 Å². The molecule has 5 heteroatoms. The molecule has 2 saturated heterocycles. The van der Waals surface area contributed by atoms with Crippen molar-refractivity contribution >= 4 is 5.91 Å². The van der Waals surface area contributed by atoms with Gasteiger partial charge >= 0.3 is 0 Å². The Kier molecular flexibility index (Phi) is 4.15. The van der Waals surface area contributed by atoms with Crippen molar-refractivity contribution in [3.63, 3.8) is 0 Å². The average Bonchev–Trinajstić information content (AvgIpc) is 2.73. The Balaban J connectivity index is 1.70. The molecule has 0 bridgehead atoms. The van der Waals surface area contributed by atoms with E-state index in [9.17, 15) is 4.79 Å². The summed E-state index contributed by atoms with van der Waals surface area (Å²) in [5.41, 5.74) is 0. The lowest BCUT2D eigenvalue weighted by Crippen LogP contribution is -2.56. The van der Waals surface area contributed by atoms with Crippen molar-refractivity contribution in [2.45, 2.75) is 24.9 Å². The number of amides is 1. The van der Waals surface area contributed by atoms with Gasteiger partial charge in [-0.25, -0.2) is 0 Å². The lowest BCUT2D eigenvalue weighted by molar-refractivity contribution is -0.123. The first-order valence-corrected chi connectivity index (χ1v) is 6.19. The van der Waals surface area contributed by atoms with E-state index in [-0.39, 0.29) is 11.9 Å². The molecule has 0 aliphatic carbocycles. The Morgan fingerprint density at radius 3 is 3.00 bits per heavy atom. The molecule has 0 aromatic heterocycles. The van der Waals surface area contributed by atoms with Gasteiger partial charge in [-0.2, -0.15) is 0 Å². The quantitative estimate of drug-likeness (QED) is 0.563. The molecule has 2 atom stereocenters. The van der Waals surface area contributed by atoms with Crippen molar-refractivity contribution in [3.8, 4) is 0 Å². The van der Waals surface area contributed by atoms with Crippen LogP contribution in [0.15, 0.2) is 0 Å². The molecule has 2 aliphatic rings. The smallest absolute Gasteiger partial charge is 0.238 e. The molecule has 2 unspecified atom stereocenters. The van der Waals surface area contributed by atoms with Gasteiger partial charge < -0.3 is 20.9 Å². The summed E-state index contributed by atoms with van der Waals surface area (Å²) >= 11 is 0. The number of carbonyl (C=O) groups excluding carboxylic acids is 1. The van der Waals surface area contributed by atoms with Crippen LogP contribution in [0.1, 0.15) is 12.8 Å². The average molecular weight is 226 g/mol. The van der Waals surface area contributed by atoms with E-state index < -0.39 is 0 Å². The highest BCUT2D eigenvalue weighted by Gasteiger charge is 2.24. The molecule has 0 radical (unpaired) electrons. The molecule has 3 N–H and O–H groups in total. The minimum Gasteiger partial charge on any atom is -0.353 e. The number of carbonyl (C=O) groups is 1. The second kappa shape index (κ2) is 5.61. The zero-order chi connectivity index (χ0) is 11.4. The molecule has 1 amide bonds. The Morgan fingerprint density at radius 1 is 1.50 bits per heavy atom. The Bertz CT molecular complexity index is 240. The highest BCUT2D eigenvalue weighted by Crippen LogP contribution is 2.13. The predicted octanol–water partition coefficient (Wildman–Crippen LogP) is -1.24. The highest BCUT2D eigenvalue weighted by molar-refractivity contribution is 5.82. The van der Waals surface area contributed by atoms with Crippen LogP contribution in [0.4, 0.5) is 0 Å². The number of likely N-dealkylation sites (N-methyl/N-ethyl adjacent to an activating group) is 1. The molecule has 2 heterocycles. The topological polar surface area (TPSA) is 56.4 Å². The maximum atomic E-state index is 11.8. The number of likely N-dealkylation sites (tertiary alicyclic amines) is 1. The van der Waals surface area contributed by atoms with Gasteiger partial charge in [0.1, 0.15) is 0 Å². The summed E-state index contributed by atoms with van der Waals surface area (Å²) in [6.07, 6.45) is 2.45. The number of nitrogens with one attached hydrogen (secondary N) is 3. The van der Waals surface area contributed by atoms with E-state index in [1.54, 1.807) is 0 Å². The summed E-state index contributed by atoms with van der Waals surface area (Å²) in [5, 5.41) is 9.48. The summed E-state index contributed by atoms with van der Waals surface area (Å²) < 4.78 is 0. The Hall–Kier alpha value is -0.650. The predicted molar refractivity (Wildman–Crippen MR) is 63.3 cm³/mol. The summed E-state index contributed by atoms with van der Waals surface area (Å²) in [4.78, 5) is 14.2. The van der Waals surface area contributed by atoms with Gasteiger partial charge in [-0.05, 0) is 26.4 Å². The van der Waals surface area contributed by atoms with Gasteiger partial charge in [0.25, 0.3) is 0 Å². The minimum atomic E-state index is -0.0551. The van der Waals surface area contributed by atoms with Gasteiger partial charge in [-0.15, -0.1) is 0 Å². The van der Waals surface area contributed by atoms with Gasteiger partial charge in [0.05, 0.1) is 6.04 Å². The molecule has 2 rings (SSSR count). The highest BCUT2D eigenvalue weighted by atomic mass is 16.2. The van der Waals surface area contributed by atoms with Crippen molar-refractivity contribution in [2.75, 3.05) is 39.8 Å². The minimum absolute atomic E-state index is 0.0551. The normalized spacial score (nSPS) is 31.6. The molecule has 0 aromatic rings. The van der Waals surface area contributed by atoms with Crippen LogP contribution in [0.3, 0.4) is 0 Å². The van der Waals surface area contributed by atoms with Crippen molar-refractivity contribution in [3.05, 3.63) is 0 Å². The first-order chi connectivity index (χ1) is 7.77. The van der Waals surface area contributed by atoms with Crippen molar-refractivity contribution < 1.29 is 4.79 Å². The summed E-state index contributed by atoms with van der Waals surface area (Å²) in [6, 6.07) is 0.473. The first-order valence-electron chi connectivity index (χ1n) is 6.19. The third-order valence-corrected chi connectivity index (χ3v) is 3.54. The molecular weight excluding hydrogens is 204 g/mol. The number of nitrogens with zero attached hydrogens (tertiary/aromatic N) is 1. The third kappa shape index (κ3) is 2.93. The van der Waals surface area contributed by atoms with Crippen LogP contribution >= 0.6 is 0 Å². The summed E-state index contributed by atoms with van der Waals surface area (Å²) in [5.74, 6) is 0.132. The van der Waals surface area contributed by atoms with Crippen LogP contribution in [0.5, 0.6) is 0 Å². The van der Waals surface area contributed by atoms with Crippen molar-refractivity contribution in [1.82, 2.24) is 20.9 Å². The van der Waals surface area contributed by atoms with E-state index in [1.807, 2.05) is 0 Å². The monoisotopic (exact) mass is 226 g/mol. The standard InChI is InChI=1S/C11H22N4O/c1-15-6-2-3-9(15)7-14-11(16)10-8-12-4-5-13-10/h9-10,12-13H,2-8H2,1H3,(H,14,16). The maximum Gasteiger partial charge on any atom is 0.238 e. The van der Waals surface area contributed by atoms with Gasteiger partial charge in [0.2, 0.25) is 5.91 Å². The largest absolute Gasteiger partial charge is 0.353 e. The fraction of sp³-hybridized carbons (Fsp3) is 0.909. The number of hydrogen-bond acceptors (Lipinski definition) is 4. The summed E-state index contributed by atoms with van der Waals surface area (Å²) in [7, 11) is 2.13. The Morgan fingerprint density at radius 2 is 2.38 bits per heavy atom. The molecule has 5 nitrogen and oxygen atoms in total. The van der Waals surface area contributed by atoms with E-state index in [0.29, 0.717) is 6.04 Å². The van der Waals surface area contributed by atoms with E-state index in [1.165, 1.54) is 12.8 Å². The van der Waals surface area contributed by atoms with Crippen LogP contribution < -0.4 is 16.0 Å². The van der Waals surface area contributed by atoms with Gasteiger partial charge in [-0.1, -0.05) is 0 Å². The fourth-order valence-corrected chi connectivity index (χ4v) is 2.42. The molecule has 92 valence electrons. The molecule has 2 aliphatic heterocycles. The maximum absolute atomic E-state index is 11.8. The first kappa shape index (κ1) is 11.8. The van der Waals surface area contributed by atoms with Crippen LogP contribution in [-0.2, 0) is 4.79 Å². The van der Waals surface area contributed by atoms with E-state index >= 15 is 0 Å². The van der Waals surface area contributed by atoms with Crippen LogP contribution in [0, 0.1) is 0 Å². The zero-order valence-corrected chi connectivity index (χ0v) is 9.96. The second-order valence-electron chi connectivity index (χ2n) is 4.73. The number of rotatable bonds is 3. The molecule has 0 spiro atoms. The summed E-state index contributed by atoms with van der Waals surface area (Å²) in [6.45, 7) is 4.51. The number of hydrogen-bond donors (Lipinski definition) is 3. The number of piperazine rings is 1. The van der Waals surface area contributed by atoms with E-state index in [2.05, 4.69) is 27.9 Å². The van der Waals surface area contributed by atoms with Crippen LogP contribution in [0.25, 0.3) is 0 Å². The molecule has 2 fully saturated rings. The SMILES string of the molecule is CN1CCCC1CNC(=O)C1CNCCN1.